The molecule has 1 aromatic heterocycles. The lowest BCUT2D eigenvalue weighted by Gasteiger charge is -2.27. The lowest BCUT2D eigenvalue weighted by atomic mass is 9.84. The Morgan fingerprint density at radius 3 is 3.05 bits per heavy atom. The van der Waals surface area contributed by atoms with E-state index in [-0.39, 0.29) is 11.9 Å². The quantitative estimate of drug-likeness (QED) is 0.880. The van der Waals surface area contributed by atoms with E-state index in [1.807, 2.05) is 31.2 Å². The minimum Gasteiger partial charge on any atom is -0.327 e. The van der Waals surface area contributed by atoms with Crippen LogP contribution in [0, 0.1) is 5.41 Å². The lowest BCUT2D eigenvalue weighted by molar-refractivity contribution is -0.125. The molecule has 1 aliphatic carbocycles. The van der Waals surface area contributed by atoms with Crippen LogP contribution in [0.4, 0.5) is 5.69 Å². The fourth-order valence-electron chi connectivity index (χ4n) is 2.96. The SMILES string of the molecule is CC1(C(=O)Nc2cccc3ccncc23)CCCC1N. The maximum absolute atomic E-state index is 12.6. The van der Waals surface area contributed by atoms with Crippen molar-refractivity contribution in [2.75, 3.05) is 5.32 Å². The minimum atomic E-state index is -0.468. The van der Waals surface area contributed by atoms with Crippen molar-refractivity contribution in [3.8, 4) is 0 Å². The molecule has 1 fully saturated rings. The summed E-state index contributed by atoms with van der Waals surface area (Å²) in [6.45, 7) is 1.96. The molecule has 4 heteroatoms. The zero-order valence-electron chi connectivity index (χ0n) is 11.6. The zero-order chi connectivity index (χ0) is 14.2. The third kappa shape index (κ3) is 2.06. The van der Waals surface area contributed by atoms with Crippen molar-refractivity contribution < 1.29 is 4.79 Å². The smallest absolute Gasteiger partial charge is 0.231 e. The van der Waals surface area contributed by atoms with Gasteiger partial charge in [-0.2, -0.15) is 0 Å². The van der Waals surface area contributed by atoms with E-state index in [0.29, 0.717) is 0 Å². The van der Waals surface area contributed by atoms with Crippen LogP contribution in [0.1, 0.15) is 26.2 Å². The molecule has 2 aromatic rings. The van der Waals surface area contributed by atoms with Crippen molar-refractivity contribution in [3.05, 3.63) is 36.7 Å². The van der Waals surface area contributed by atoms with E-state index in [9.17, 15) is 4.79 Å². The topological polar surface area (TPSA) is 68.0 Å². The molecule has 0 bridgehead atoms. The first-order chi connectivity index (χ1) is 9.61. The van der Waals surface area contributed by atoms with Gasteiger partial charge in [-0.25, -0.2) is 0 Å². The average molecular weight is 269 g/mol. The summed E-state index contributed by atoms with van der Waals surface area (Å²) in [6.07, 6.45) is 6.32. The Balaban J connectivity index is 1.92. The summed E-state index contributed by atoms with van der Waals surface area (Å²) in [4.78, 5) is 16.7. The summed E-state index contributed by atoms with van der Waals surface area (Å²) in [5, 5.41) is 5.06. The van der Waals surface area contributed by atoms with Gasteiger partial charge in [0.05, 0.1) is 11.1 Å². The summed E-state index contributed by atoms with van der Waals surface area (Å²) in [7, 11) is 0. The summed E-state index contributed by atoms with van der Waals surface area (Å²) in [5.41, 5.74) is 6.45. The second kappa shape index (κ2) is 4.87. The van der Waals surface area contributed by atoms with Crippen LogP contribution in [0.3, 0.4) is 0 Å². The van der Waals surface area contributed by atoms with Crippen LogP contribution in [0.2, 0.25) is 0 Å². The Morgan fingerprint density at radius 1 is 1.45 bits per heavy atom. The maximum atomic E-state index is 12.6. The molecular weight excluding hydrogens is 250 g/mol. The summed E-state index contributed by atoms with van der Waals surface area (Å²) in [5.74, 6) is 0.0128. The van der Waals surface area contributed by atoms with Crippen molar-refractivity contribution >= 4 is 22.4 Å². The maximum Gasteiger partial charge on any atom is 0.231 e. The molecule has 0 spiro atoms. The Labute approximate surface area is 118 Å². The fraction of sp³-hybridized carbons (Fsp3) is 0.375. The first kappa shape index (κ1) is 13.1. The number of carbonyl (C=O) groups is 1. The number of fused-ring (bicyclic) bond motifs is 1. The van der Waals surface area contributed by atoms with Gasteiger partial charge in [0.1, 0.15) is 0 Å². The largest absolute Gasteiger partial charge is 0.327 e. The molecule has 1 saturated carbocycles. The van der Waals surface area contributed by atoms with Crippen molar-refractivity contribution in [1.29, 1.82) is 0 Å². The molecule has 2 atom stereocenters. The minimum absolute atomic E-state index is 0.0128. The molecule has 3 N–H and O–H groups in total. The standard InChI is InChI=1S/C16H19N3O/c1-16(8-3-6-14(16)17)15(20)19-13-5-2-4-11-7-9-18-10-12(11)13/h2,4-5,7,9-10,14H,3,6,8,17H2,1H3,(H,19,20). The van der Waals surface area contributed by atoms with Crippen LogP contribution in [-0.4, -0.2) is 16.9 Å². The number of nitrogens with two attached hydrogens (primary N) is 1. The third-order valence-corrected chi connectivity index (χ3v) is 4.48. The van der Waals surface area contributed by atoms with E-state index in [2.05, 4.69) is 10.3 Å². The van der Waals surface area contributed by atoms with Gasteiger partial charge in [-0.1, -0.05) is 18.6 Å². The first-order valence-electron chi connectivity index (χ1n) is 7.01. The lowest BCUT2D eigenvalue weighted by Crippen LogP contribution is -2.44. The van der Waals surface area contributed by atoms with E-state index in [1.165, 1.54) is 0 Å². The van der Waals surface area contributed by atoms with Crippen LogP contribution in [-0.2, 0) is 4.79 Å². The molecule has 0 aliphatic heterocycles. The number of benzene rings is 1. The van der Waals surface area contributed by atoms with Crippen molar-refractivity contribution in [1.82, 2.24) is 4.98 Å². The third-order valence-electron chi connectivity index (χ3n) is 4.48. The van der Waals surface area contributed by atoms with Gasteiger partial charge in [-0.3, -0.25) is 9.78 Å². The number of hydrogen-bond acceptors (Lipinski definition) is 3. The van der Waals surface area contributed by atoms with Gasteiger partial charge < -0.3 is 11.1 Å². The second-order valence-electron chi connectivity index (χ2n) is 5.77. The molecule has 1 amide bonds. The number of carbonyl (C=O) groups excluding carboxylic acids is 1. The monoisotopic (exact) mass is 269 g/mol. The van der Waals surface area contributed by atoms with Crippen LogP contribution >= 0.6 is 0 Å². The van der Waals surface area contributed by atoms with Gasteiger partial charge in [-0.05, 0) is 37.3 Å². The normalized spacial score (nSPS) is 25.8. The Kier molecular flexibility index (Phi) is 3.18. The number of nitrogens with one attached hydrogen (secondary N) is 1. The van der Waals surface area contributed by atoms with Crippen molar-refractivity contribution in [2.24, 2.45) is 11.1 Å². The van der Waals surface area contributed by atoms with Crippen LogP contribution < -0.4 is 11.1 Å². The molecule has 0 saturated heterocycles. The molecule has 4 nitrogen and oxygen atoms in total. The van der Waals surface area contributed by atoms with Crippen LogP contribution in [0.15, 0.2) is 36.7 Å². The number of rotatable bonds is 2. The predicted octanol–water partition coefficient (Wildman–Crippen LogP) is 2.69. The molecule has 20 heavy (non-hydrogen) atoms. The summed E-state index contributed by atoms with van der Waals surface area (Å²) in [6, 6.07) is 7.74. The molecule has 104 valence electrons. The number of nitrogens with zero attached hydrogens (tertiary/aromatic N) is 1. The number of amides is 1. The van der Waals surface area contributed by atoms with Crippen molar-refractivity contribution in [2.45, 2.75) is 32.2 Å². The van der Waals surface area contributed by atoms with E-state index >= 15 is 0 Å². The molecule has 3 rings (SSSR count). The molecule has 2 unspecified atom stereocenters. The highest BCUT2D eigenvalue weighted by Crippen LogP contribution is 2.38. The highest BCUT2D eigenvalue weighted by molar-refractivity contribution is 6.03. The van der Waals surface area contributed by atoms with Gasteiger partial charge in [-0.15, -0.1) is 0 Å². The van der Waals surface area contributed by atoms with Gasteiger partial charge >= 0.3 is 0 Å². The summed E-state index contributed by atoms with van der Waals surface area (Å²) >= 11 is 0. The first-order valence-corrected chi connectivity index (χ1v) is 7.01. The van der Waals surface area contributed by atoms with Gasteiger partial charge in [0, 0.05) is 23.8 Å². The Hall–Kier alpha value is -1.94. The number of aromatic nitrogens is 1. The highest BCUT2D eigenvalue weighted by atomic mass is 16.2. The van der Waals surface area contributed by atoms with Gasteiger partial charge in [0.2, 0.25) is 5.91 Å². The van der Waals surface area contributed by atoms with Crippen molar-refractivity contribution in [3.63, 3.8) is 0 Å². The highest BCUT2D eigenvalue weighted by Gasteiger charge is 2.43. The van der Waals surface area contributed by atoms with Crippen LogP contribution in [0.25, 0.3) is 10.8 Å². The average Bonchev–Trinajstić information content (AvgIpc) is 2.80. The fourth-order valence-corrected chi connectivity index (χ4v) is 2.96. The molecular formula is C16H19N3O. The molecule has 1 aliphatic rings. The Morgan fingerprint density at radius 2 is 2.30 bits per heavy atom. The van der Waals surface area contributed by atoms with Crippen LogP contribution in [0.5, 0.6) is 0 Å². The number of pyridine rings is 1. The molecule has 1 aromatic carbocycles. The predicted molar refractivity (Wildman–Crippen MR) is 80.3 cm³/mol. The van der Waals surface area contributed by atoms with E-state index in [0.717, 1.165) is 35.7 Å². The molecule has 1 heterocycles. The summed E-state index contributed by atoms with van der Waals surface area (Å²) < 4.78 is 0. The zero-order valence-corrected chi connectivity index (χ0v) is 11.6. The van der Waals surface area contributed by atoms with E-state index < -0.39 is 5.41 Å². The molecule has 0 radical (unpaired) electrons. The van der Waals surface area contributed by atoms with E-state index in [4.69, 9.17) is 5.73 Å². The van der Waals surface area contributed by atoms with E-state index in [1.54, 1.807) is 12.4 Å². The van der Waals surface area contributed by atoms with Gasteiger partial charge in [0.15, 0.2) is 0 Å². The Bertz CT molecular complexity index is 650. The van der Waals surface area contributed by atoms with Gasteiger partial charge in [0.25, 0.3) is 0 Å². The number of hydrogen-bond donors (Lipinski definition) is 2. The number of anilines is 1. The second-order valence-corrected chi connectivity index (χ2v) is 5.77.